The number of nitrogens with one attached hydrogen (secondary N) is 1. The molecule has 5 nitrogen and oxygen atoms in total. The number of nitrogens with zero attached hydrogens (tertiary/aromatic N) is 2. The molecule has 0 spiro atoms. The minimum atomic E-state index is 0. The summed E-state index contributed by atoms with van der Waals surface area (Å²) in [5, 5.41) is 7.30. The summed E-state index contributed by atoms with van der Waals surface area (Å²) in [5.74, 6) is 3.10. The van der Waals surface area contributed by atoms with E-state index in [0.717, 1.165) is 31.7 Å². The predicted molar refractivity (Wildman–Crippen MR) is 68.8 cm³/mol. The van der Waals surface area contributed by atoms with Crippen molar-refractivity contribution in [2.45, 2.75) is 25.7 Å². The van der Waals surface area contributed by atoms with E-state index in [1.807, 2.05) is 19.1 Å². The van der Waals surface area contributed by atoms with Crippen LogP contribution in [0.5, 0.6) is 0 Å². The van der Waals surface area contributed by atoms with E-state index in [1.165, 1.54) is 0 Å². The lowest BCUT2D eigenvalue weighted by Gasteiger charge is -2.18. The van der Waals surface area contributed by atoms with Gasteiger partial charge >= 0.3 is 0 Å². The molecule has 2 aromatic rings. The molecule has 0 saturated carbocycles. The highest BCUT2D eigenvalue weighted by Gasteiger charge is 2.22. The van der Waals surface area contributed by atoms with E-state index in [1.54, 1.807) is 0 Å². The first-order chi connectivity index (χ1) is 8.33. The SMILES string of the molecule is Cc1ccc(-c2noc([C@H]3CCCNC3)n2)o1.Cl. The second-order valence-electron chi connectivity index (χ2n) is 4.41. The fraction of sp³-hybridized carbons (Fsp3) is 0.500. The first-order valence-electron chi connectivity index (χ1n) is 5.94. The topological polar surface area (TPSA) is 64.1 Å². The van der Waals surface area contributed by atoms with Gasteiger partial charge in [0.2, 0.25) is 11.7 Å². The third kappa shape index (κ3) is 2.57. The van der Waals surface area contributed by atoms with Crippen molar-refractivity contribution >= 4 is 12.4 Å². The van der Waals surface area contributed by atoms with E-state index in [9.17, 15) is 0 Å². The maximum Gasteiger partial charge on any atom is 0.238 e. The second-order valence-corrected chi connectivity index (χ2v) is 4.41. The van der Waals surface area contributed by atoms with Crippen molar-refractivity contribution in [1.82, 2.24) is 15.5 Å². The Kier molecular flexibility index (Phi) is 4.04. The lowest BCUT2D eigenvalue weighted by Crippen LogP contribution is -2.28. The minimum absolute atomic E-state index is 0. The molecule has 18 heavy (non-hydrogen) atoms. The van der Waals surface area contributed by atoms with Crippen LogP contribution >= 0.6 is 12.4 Å². The largest absolute Gasteiger partial charge is 0.458 e. The van der Waals surface area contributed by atoms with Crippen molar-refractivity contribution in [1.29, 1.82) is 0 Å². The van der Waals surface area contributed by atoms with Crippen LogP contribution in [-0.2, 0) is 0 Å². The molecule has 2 aromatic heterocycles. The third-order valence-electron chi connectivity index (χ3n) is 3.05. The van der Waals surface area contributed by atoms with Crippen molar-refractivity contribution < 1.29 is 8.94 Å². The molecule has 3 rings (SSSR count). The van der Waals surface area contributed by atoms with Crippen molar-refractivity contribution in [2.75, 3.05) is 13.1 Å². The molecule has 1 aliphatic heterocycles. The molecule has 0 aromatic carbocycles. The summed E-state index contributed by atoms with van der Waals surface area (Å²) >= 11 is 0. The van der Waals surface area contributed by atoms with Crippen LogP contribution in [0.25, 0.3) is 11.6 Å². The van der Waals surface area contributed by atoms with Gasteiger partial charge in [-0.3, -0.25) is 0 Å². The van der Waals surface area contributed by atoms with E-state index in [4.69, 9.17) is 8.94 Å². The average molecular weight is 270 g/mol. The van der Waals surface area contributed by atoms with E-state index >= 15 is 0 Å². The van der Waals surface area contributed by atoms with Crippen LogP contribution in [0.3, 0.4) is 0 Å². The minimum Gasteiger partial charge on any atom is -0.458 e. The third-order valence-corrected chi connectivity index (χ3v) is 3.05. The molecule has 1 saturated heterocycles. The Morgan fingerprint density at radius 3 is 2.94 bits per heavy atom. The van der Waals surface area contributed by atoms with Gasteiger partial charge in [0, 0.05) is 6.54 Å². The van der Waals surface area contributed by atoms with Crippen LogP contribution in [-0.4, -0.2) is 23.2 Å². The molecule has 0 aliphatic carbocycles. The summed E-state index contributed by atoms with van der Waals surface area (Å²) in [4.78, 5) is 4.41. The fourth-order valence-corrected chi connectivity index (χ4v) is 2.12. The molecule has 3 heterocycles. The molecule has 0 bridgehead atoms. The Bertz CT molecular complexity index is 503. The highest BCUT2D eigenvalue weighted by atomic mass is 35.5. The maximum absolute atomic E-state index is 5.47. The zero-order chi connectivity index (χ0) is 11.7. The predicted octanol–water partition coefficient (Wildman–Crippen LogP) is 2.53. The van der Waals surface area contributed by atoms with Crippen molar-refractivity contribution in [3.8, 4) is 11.6 Å². The monoisotopic (exact) mass is 269 g/mol. The average Bonchev–Trinajstić information content (AvgIpc) is 2.98. The van der Waals surface area contributed by atoms with Crippen LogP contribution in [0.15, 0.2) is 21.1 Å². The lowest BCUT2D eigenvalue weighted by molar-refractivity contribution is 0.322. The van der Waals surface area contributed by atoms with Gasteiger partial charge in [0.1, 0.15) is 5.76 Å². The number of halogens is 1. The summed E-state index contributed by atoms with van der Waals surface area (Å²) in [6.45, 7) is 3.89. The maximum atomic E-state index is 5.47. The number of furan rings is 1. The molecule has 1 aliphatic rings. The summed E-state index contributed by atoms with van der Waals surface area (Å²) in [7, 11) is 0. The molecule has 1 atom stereocenters. The van der Waals surface area contributed by atoms with Gasteiger partial charge in [0.25, 0.3) is 0 Å². The van der Waals surface area contributed by atoms with Crippen LogP contribution in [0.4, 0.5) is 0 Å². The Hall–Kier alpha value is -1.33. The summed E-state index contributed by atoms with van der Waals surface area (Å²) < 4.78 is 10.8. The second kappa shape index (κ2) is 5.54. The van der Waals surface area contributed by atoms with Crippen LogP contribution < -0.4 is 5.32 Å². The van der Waals surface area contributed by atoms with Crippen molar-refractivity contribution in [3.63, 3.8) is 0 Å². The van der Waals surface area contributed by atoms with Gasteiger partial charge in [-0.1, -0.05) is 5.16 Å². The number of rotatable bonds is 2. The molecule has 6 heteroatoms. The van der Waals surface area contributed by atoms with E-state index < -0.39 is 0 Å². The summed E-state index contributed by atoms with van der Waals surface area (Å²) in [5.41, 5.74) is 0. The Morgan fingerprint density at radius 2 is 2.28 bits per heavy atom. The van der Waals surface area contributed by atoms with Gasteiger partial charge in [0.05, 0.1) is 5.92 Å². The zero-order valence-electron chi connectivity index (χ0n) is 10.2. The van der Waals surface area contributed by atoms with Crippen molar-refractivity contribution in [3.05, 3.63) is 23.8 Å². The van der Waals surface area contributed by atoms with Crippen LogP contribution in [0.1, 0.15) is 30.4 Å². The van der Waals surface area contributed by atoms with Crippen molar-refractivity contribution in [2.24, 2.45) is 0 Å². The summed E-state index contributed by atoms with van der Waals surface area (Å²) in [6, 6.07) is 3.76. The van der Waals surface area contributed by atoms with Gasteiger partial charge in [-0.15, -0.1) is 12.4 Å². The number of hydrogen-bond acceptors (Lipinski definition) is 5. The summed E-state index contributed by atoms with van der Waals surface area (Å²) in [6.07, 6.45) is 2.26. The van der Waals surface area contributed by atoms with Crippen LogP contribution in [0.2, 0.25) is 0 Å². The molecular weight excluding hydrogens is 254 g/mol. The first kappa shape index (κ1) is 13.1. The standard InChI is InChI=1S/C12H15N3O2.ClH/c1-8-4-5-10(16-8)11-14-12(17-15-11)9-3-2-6-13-7-9;/h4-5,9,13H,2-3,6-7H2,1H3;1H/t9-;/m0./s1. The van der Waals surface area contributed by atoms with E-state index in [0.29, 0.717) is 23.4 Å². The number of aromatic nitrogens is 2. The quantitative estimate of drug-likeness (QED) is 0.908. The highest BCUT2D eigenvalue weighted by Crippen LogP contribution is 2.25. The lowest BCUT2D eigenvalue weighted by atomic mass is 10.00. The Morgan fingerprint density at radius 1 is 1.39 bits per heavy atom. The number of piperidine rings is 1. The van der Waals surface area contributed by atoms with E-state index in [-0.39, 0.29) is 12.4 Å². The zero-order valence-corrected chi connectivity index (χ0v) is 11.0. The van der Waals surface area contributed by atoms with Gasteiger partial charge in [0.15, 0.2) is 5.76 Å². The molecule has 1 fully saturated rings. The normalized spacial score (nSPS) is 19.5. The molecule has 0 radical (unpaired) electrons. The number of hydrogen-bond donors (Lipinski definition) is 1. The Balaban J connectivity index is 0.00000120. The van der Waals surface area contributed by atoms with Gasteiger partial charge in [-0.05, 0) is 38.4 Å². The van der Waals surface area contributed by atoms with Gasteiger partial charge in [-0.25, -0.2) is 0 Å². The number of aryl methyl sites for hydroxylation is 1. The highest BCUT2D eigenvalue weighted by molar-refractivity contribution is 5.85. The fourth-order valence-electron chi connectivity index (χ4n) is 2.12. The molecular formula is C12H16ClN3O2. The molecule has 1 N–H and O–H groups in total. The first-order valence-corrected chi connectivity index (χ1v) is 5.94. The molecule has 0 unspecified atom stereocenters. The Labute approximate surface area is 111 Å². The van der Waals surface area contributed by atoms with E-state index in [2.05, 4.69) is 15.5 Å². The van der Waals surface area contributed by atoms with Gasteiger partial charge in [-0.2, -0.15) is 4.98 Å². The molecule has 98 valence electrons. The van der Waals surface area contributed by atoms with Gasteiger partial charge < -0.3 is 14.3 Å². The molecule has 0 amide bonds. The smallest absolute Gasteiger partial charge is 0.238 e. The van der Waals surface area contributed by atoms with Crippen LogP contribution in [0, 0.1) is 6.92 Å².